The zero-order chi connectivity index (χ0) is 15.3. The number of esters is 1. The first kappa shape index (κ1) is 16.4. The molecule has 0 saturated heterocycles. The van der Waals surface area contributed by atoms with Gasteiger partial charge in [-0.25, -0.2) is 9.78 Å². The second-order valence-electron chi connectivity index (χ2n) is 3.77. The molecule has 20 heavy (non-hydrogen) atoms. The quantitative estimate of drug-likeness (QED) is 0.646. The van der Waals surface area contributed by atoms with E-state index in [4.69, 9.17) is 4.74 Å². The molecule has 0 saturated carbocycles. The number of hydrogen-bond acceptors (Lipinski definition) is 6. The normalized spacial score (nSPS) is 11.2. The Labute approximate surface area is 117 Å². The van der Waals surface area contributed by atoms with Gasteiger partial charge in [0.05, 0.1) is 13.0 Å². The Balaban J connectivity index is 2.81. The Morgan fingerprint density at radius 1 is 1.40 bits per heavy atom. The summed E-state index contributed by atoms with van der Waals surface area (Å²) in [6.07, 6.45) is -5.31. The zero-order valence-electron chi connectivity index (χ0n) is 10.8. The van der Waals surface area contributed by atoms with E-state index in [0.717, 1.165) is 11.3 Å². The topological polar surface area (TPSA) is 68.3 Å². The molecule has 0 radical (unpaired) electrons. The first-order valence-electron chi connectivity index (χ1n) is 5.74. The lowest BCUT2D eigenvalue weighted by Gasteiger charge is -2.05. The van der Waals surface area contributed by atoms with Gasteiger partial charge >= 0.3 is 12.1 Å². The van der Waals surface area contributed by atoms with Gasteiger partial charge in [-0.15, -0.1) is 0 Å². The summed E-state index contributed by atoms with van der Waals surface area (Å²) in [5, 5.41) is 2.53. The molecule has 1 heterocycles. The third kappa shape index (κ3) is 4.80. The molecule has 9 heteroatoms. The van der Waals surface area contributed by atoms with E-state index >= 15 is 0 Å². The molecule has 5 nitrogen and oxygen atoms in total. The lowest BCUT2D eigenvalue weighted by Crippen LogP contribution is -2.14. The Hall–Kier alpha value is -1.64. The van der Waals surface area contributed by atoms with Crippen molar-refractivity contribution >= 4 is 28.2 Å². The van der Waals surface area contributed by atoms with Gasteiger partial charge in [0.15, 0.2) is 16.6 Å². The number of halogens is 3. The van der Waals surface area contributed by atoms with Gasteiger partial charge < -0.3 is 10.1 Å². The van der Waals surface area contributed by atoms with Crippen LogP contribution in [0.15, 0.2) is 0 Å². The lowest BCUT2D eigenvalue weighted by molar-refractivity contribution is -0.131. The number of thiazole rings is 1. The highest BCUT2D eigenvalue weighted by atomic mass is 32.1. The number of carbonyl (C=O) groups excluding carboxylic acids is 2. The molecule has 0 aromatic carbocycles. The number of nitrogens with one attached hydrogen (secondary N) is 1. The highest BCUT2D eigenvalue weighted by Crippen LogP contribution is 2.25. The van der Waals surface area contributed by atoms with Crippen LogP contribution >= 0.6 is 11.3 Å². The predicted octanol–water partition coefficient (Wildman–Crippen LogP) is 2.89. The van der Waals surface area contributed by atoms with Gasteiger partial charge in [-0.3, -0.25) is 4.79 Å². The molecule has 0 spiro atoms. The van der Waals surface area contributed by atoms with E-state index in [1.165, 1.54) is 6.92 Å². The molecule has 1 aromatic heterocycles. The molecule has 1 N–H and O–H groups in total. The van der Waals surface area contributed by atoms with E-state index in [-0.39, 0.29) is 28.9 Å². The Morgan fingerprint density at radius 2 is 2.05 bits per heavy atom. The minimum absolute atomic E-state index is 0.0676. The maximum Gasteiger partial charge on any atom is 0.390 e. The largest absolute Gasteiger partial charge is 0.461 e. The average Bonchev–Trinajstić information content (AvgIpc) is 2.72. The third-order valence-corrected chi connectivity index (χ3v) is 3.21. The van der Waals surface area contributed by atoms with Crippen molar-refractivity contribution < 1.29 is 27.5 Å². The first-order chi connectivity index (χ1) is 9.24. The molecule has 0 fully saturated rings. The summed E-state index contributed by atoms with van der Waals surface area (Å²) < 4.78 is 40.8. The molecule has 0 unspecified atom stereocenters. The molecule has 0 aliphatic rings. The first-order valence-corrected chi connectivity index (χ1v) is 6.55. The van der Waals surface area contributed by atoms with Crippen molar-refractivity contribution in [2.24, 2.45) is 0 Å². The maximum atomic E-state index is 12.0. The SMILES string of the molecule is CCOC(=O)c1nc(NCCC(F)(F)F)sc1C(C)=O. The van der Waals surface area contributed by atoms with Gasteiger partial charge in [-0.2, -0.15) is 13.2 Å². The van der Waals surface area contributed by atoms with E-state index < -0.39 is 24.3 Å². The Bertz CT molecular complexity index is 500. The molecule has 0 aliphatic carbocycles. The summed E-state index contributed by atoms with van der Waals surface area (Å²) in [5.41, 5.74) is -0.168. The highest BCUT2D eigenvalue weighted by Gasteiger charge is 2.27. The lowest BCUT2D eigenvalue weighted by atomic mass is 10.3. The predicted molar refractivity (Wildman–Crippen MR) is 67.2 cm³/mol. The number of Topliss-reactive ketones (excluding diaryl/α,β-unsaturated/α-hetero) is 1. The summed E-state index contributed by atoms with van der Waals surface area (Å²) in [6.45, 7) is 2.58. The third-order valence-electron chi connectivity index (χ3n) is 2.10. The molecule has 0 amide bonds. The smallest absolute Gasteiger partial charge is 0.390 e. The summed E-state index contributed by atoms with van der Waals surface area (Å²) in [7, 11) is 0. The van der Waals surface area contributed by atoms with Gasteiger partial charge in [0, 0.05) is 13.5 Å². The molecule has 1 aromatic rings. The molecule has 1 rings (SSSR count). The summed E-state index contributed by atoms with van der Waals surface area (Å²) in [6, 6.07) is 0. The number of ether oxygens (including phenoxy) is 1. The van der Waals surface area contributed by atoms with Crippen molar-refractivity contribution in [3.63, 3.8) is 0 Å². The van der Waals surface area contributed by atoms with Crippen LogP contribution in [0.2, 0.25) is 0 Å². The number of aromatic nitrogens is 1. The van der Waals surface area contributed by atoms with Crippen LogP contribution in [-0.4, -0.2) is 36.1 Å². The monoisotopic (exact) mass is 310 g/mol. The van der Waals surface area contributed by atoms with Crippen molar-refractivity contribution in [3.05, 3.63) is 10.6 Å². The van der Waals surface area contributed by atoms with E-state index in [0.29, 0.717) is 0 Å². The van der Waals surface area contributed by atoms with Crippen LogP contribution in [0.25, 0.3) is 0 Å². The summed E-state index contributed by atoms with van der Waals surface area (Å²) in [4.78, 5) is 26.8. The molecule has 0 bridgehead atoms. The second-order valence-corrected chi connectivity index (χ2v) is 4.76. The van der Waals surface area contributed by atoms with Gasteiger partial charge in [0.1, 0.15) is 4.88 Å². The van der Waals surface area contributed by atoms with Gasteiger partial charge in [-0.05, 0) is 6.92 Å². The number of hydrogen-bond donors (Lipinski definition) is 1. The molecule has 0 atom stereocenters. The second kappa shape index (κ2) is 6.69. The number of ketones is 1. The summed E-state index contributed by atoms with van der Waals surface area (Å²) >= 11 is 0.832. The number of nitrogens with zero attached hydrogens (tertiary/aromatic N) is 1. The Kier molecular flexibility index (Phi) is 5.49. The van der Waals surface area contributed by atoms with E-state index in [1.54, 1.807) is 6.92 Å². The van der Waals surface area contributed by atoms with E-state index in [9.17, 15) is 22.8 Å². The average molecular weight is 310 g/mol. The molecular formula is C11H13F3N2O3S. The van der Waals surface area contributed by atoms with Crippen LogP contribution in [0.1, 0.15) is 40.4 Å². The van der Waals surface area contributed by atoms with Crippen LogP contribution < -0.4 is 5.32 Å². The standard InChI is InChI=1S/C11H13F3N2O3S/c1-3-19-9(18)7-8(6(2)17)20-10(16-7)15-5-4-11(12,13)14/h3-5H2,1-2H3,(H,15,16). The number of anilines is 1. The van der Waals surface area contributed by atoms with Crippen molar-refractivity contribution in [3.8, 4) is 0 Å². The zero-order valence-corrected chi connectivity index (χ0v) is 11.7. The van der Waals surface area contributed by atoms with Crippen LogP contribution in [0, 0.1) is 0 Å². The minimum Gasteiger partial charge on any atom is -0.461 e. The van der Waals surface area contributed by atoms with Crippen LogP contribution in [-0.2, 0) is 4.74 Å². The minimum atomic E-state index is -4.28. The summed E-state index contributed by atoms with van der Waals surface area (Å²) in [5.74, 6) is -1.16. The van der Waals surface area contributed by atoms with Crippen molar-refractivity contribution in [1.82, 2.24) is 4.98 Å². The van der Waals surface area contributed by atoms with Gasteiger partial charge in [-0.1, -0.05) is 11.3 Å². The van der Waals surface area contributed by atoms with Crippen molar-refractivity contribution in [2.75, 3.05) is 18.5 Å². The fourth-order valence-corrected chi connectivity index (χ4v) is 2.16. The number of alkyl halides is 3. The highest BCUT2D eigenvalue weighted by molar-refractivity contribution is 7.17. The van der Waals surface area contributed by atoms with Crippen LogP contribution in [0.3, 0.4) is 0 Å². The van der Waals surface area contributed by atoms with Gasteiger partial charge in [0.2, 0.25) is 0 Å². The van der Waals surface area contributed by atoms with Crippen molar-refractivity contribution in [2.45, 2.75) is 26.4 Å². The van der Waals surface area contributed by atoms with Crippen molar-refractivity contribution in [1.29, 1.82) is 0 Å². The van der Waals surface area contributed by atoms with E-state index in [2.05, 4.69) is 10.3 Å². The van der Waals surface area contributed by atoms with Gasteiger partial charge in [0.25, 0.3) is 0 Å². The van der Waals surface area contributed by atoms with Crippen LogP contribution in [0.5, 0.6) is 0 Å². The molecular weight excluding hydrogens is 297 g/mol. The van der Waals surface area contributed by atoms with Crippen LogP contribution in [0.4, 0.5) is 18.3 Å². The fraction of sp³-hybridized carbons (Fsp3) is 0.545. The van der Waals surface area contributed by atoms with E-state index in [1.807, 2.05) is 0 Å². The fourth-order valence-electron chi connectivity index (χ4n) is 1.28. The Morgan fingerprint density at radius 3 is 2.55 bits per heavy atom. The number of rotatable bonds is 6. The number of carbonyl (C=O) groups is 2. The molecule has 112 valence electrons. The maximum absolute atomic E-state index is 12.0. The molecule has 0 aliphatic heterocycles.